The molecule has 0 bridgehead atoms. The Labute approximate surface area is 156 Å². The van der Waals surface area contributed by atoms with Crippen molar-refractivity contribution in [2.75, 3.05) is 13.1 Å². The van der Waals surface area contributed by atoms with Crippen molar-refractivity contribution in [3.8, 4) is 11.5 Å². The van der Waals surface area contributed by atoms with Crippen molar-refractivity contribution >= 4 is 17.3 Å². The molecule has 134 valence electrons. The molecule has 5 rings (SSSR count). The monoisotopic (exact) mass is 358 g/mol. The van der Waals surface area contributed by atoms with E-state index in [1.807, 2.05) is 54.6 Å². The SMILES string of the molecule is O=C1CNCC2=Nc3[nH]ncc3C(c3ccc(Oc4ccccc4)cc3)C12. The zero-order valence-electron chi connectivity index (χ0n) is 14.6. The number of ether oxygens (including phenoxy) is 1. The fourth-order valence-corrected chi connectivity index (χ4v) is 3.88. The van der Waals surface area contributed by atoms with E-state index in [9.17, 15) is 4.79 Å². The highest BCUT2D eigenvalue weighted by Gasteiger charge is 2.41. The molecule has 0 amide bonds. The first-order valence-corrected chi connectivity index (χ1v) is 8.96. The Bertz CT molecular complexity index is 1010. The van der Waals surface area contributed by atoms with Crippen LogP contribution >= 0.6 is 0 Å². The number of para-hydroxylation sites is 1. The molecule has 27 heavy (non-hydrogen) atoms. The number of H-pyrrole nitrogens is 1. The van der Waals surface area contributed by atoms with Crippen LogP contribution in [0.5, 0.6) is 11.5 Å². The highest BCUT2D eigenvalue weighted by molar-refractivity contribution is 6.11. The van der Waals surface area contributed by atoms with Gasteiger partial charge >= 0.3 is 0 Å². The summed E-state index contributed by atoms with van der Waals surface area (Å²) in [6.45, 7) is 1.00. The van der Waals surface area contributed by atoms with Gasteiger partial charge in [-0.05, 0) is 29.8 Å². The topological polar surface area (TPSA) is 79.4 Å². The highest BCUT2D eigenvalue weighted by Crippen LogP contribution is 2.42. The highest BCUT2D eigenvalue weighted by atomic mass is 16.5. The molecule has 6 heteroatoms. The van der Waals surface area contributed by atoms with Crippen LogP contribution in [-0.2, 0) is 4.79 Å². The Kier molecular flexibility index (Phi) is 3.83. The van der Waals surface area contributed by atoms with Gasteiger partial charge in [-0.25, -0.2) is 4.99 Å². The first kappa shape index (κ1) is 16.0. The van der Waals surface area contributed by atoms with Gasteiger partial charge in [-0.2, -0.15) is 5.10 Å². The lowest BCUT2D eigenvalue weighted by molar-refractivity contribution is -0.120. The molecule has 0 spiro atoms. The predicted octanol–water partition coefficient (Wildman–Crippen LogP) is 3.21. The lowest BCUT2D eigenvalue weighted by atomic mass is 9.74. The van der Waals surface area contributed by atoms with Crippen molar-refractivity contribution in [3.05, 3.63) is 71.9 Å². The Balaban J connectivity index is 1.49. The Hall–Kier alpha value is -3.25. The molecule has 2 atom stereocenters. The molecule has 0 aliphatic carbocycles. The number of nitrogens with zero attached hydrogens (tertiary/aromatic N) is 2. The van der Waals surface area contributed by atoms with Crippen molar-refractivity contribution in [2.45, 2.75) is 5.92 Å². The smallest absolute Gasteiger partial charge is 0.156 e. The maximum atomic E-state index is 12.7. The number of carbonyl (C=O) groups is 1. The van der Waals surface area contributed by atoms with Crippen LogP contribution in [0.2, 0.25) is 0 Å². The number of ketones is 1. The minimum atomic E-state index is -0.239. The zero-order chi connectivity index (χ0) is 18.2. The van der Waals surface area contributed by atoms with E-state index in [0.717, 1.165) is 34.2 Å². The van der Waals surface area contributed by atoms with Crippen LogP contribution in [0.1, 0.15) is 17.0 Å². The fourth-order valence-electron chi connectivity index (χ4n) is 3.88. The number of aromatic amines is 1. The van der Waals surface area contributed by atoms with Gasteiger partial charge in [0.25, 0.3) is 0 Å². The molecule has 1 saturated heterocycles. The van der Waals surface area contributed by atoms with E-state index in [4.69, 9.17) is 4.74 Å². The maximum Gasteiger partial charge on any atom is 0.156 e. The summed E-state index contributed by atoms with van der Waals surface area (Å²) in [5.41, 5.74) is 2.90. The summed E-state index contributed by atoms with van der Waals surface area (Å²) >= 11 is 0. The molecule has 2 N–H and O–H groups in total. The summed E-state index contributed by atoms with van der Waals surface area (Å²) in [4.78, 5) is 17.3. The van der Waals surface area contributed by atoms with Gasteiger partial charge in [-0.1, -0.05) is 30.3 Å². The maximum absolute atomic E-state index is 12.7. The molecular weight excluding hydrogens is 340 g/mol. The summed E-state index contributed by atoms with van der Waals surface area (Å²) in [5.74, 6) is 2.15. The van der Waals surface area contributed by atoms with Crippen LogP contribution < -0.4 is 10.1 Å². The minimum Gasteiger partial charge on any atom is -0.457 e. The summed E-state index contributed by atoms with van der Waals surface area (Å²) < 4.78 is 5.88. The average Bonchev–Trinajstić information content (AvgIpc) is 3.16. The molecule has 2 aliphatic rings. The molecule has 0 saturated carbocycles. The van der Waals surface area contributed by atoms with Crippen LogP contribution in [0.3, 0.4) is 0 Å². The van der Waals surface area contributed by atoms with Crippen LogP contribution in [0.25, 0.3) is 0 Å². The van der Waals surface area contributed by atoms with Gasteiger partial charge in [0.2, 0.25) is 0 Å². The minimum absolute atomic E-state index is 0.0772. The number of piperidine rings is 1. The molecule has 1 aromatic heterocycles. The molecule has 1 fully saturated rings. The number of benzene rings is 2. The largest absolute Gasteiger partial charge is 0.457 e. The third-order valence-electron chi connectivity index (χ3n) is 5.10. The lowest BCUT2D eigenvalue weighted by Crippen LogP contribution is -2.48. The van der Waals surface area contributed by atoms with Gasteiger partial charge < -0.3 is 10.1 Å². The van der Waals surface area contributed by atoms with Crippen molar-refractivity contribution in [1.29, 1.82) is 0 Å². The number of aromatic nitrogens is 2. The Morgan fingerprint density at radius 2 is 1.70 bits per heavy atom. The molecular formula is C21H18N4O2. The number of carbonyl (C=O) groups excluding carboxylic acids is 1. The number of hydrogen-bond acceptors (Lipinski definition) is 5. The third kappa shape index (κ3) is 2.84. The van der Waals surface area contributed by atoms with Crippen LogP contribution in [0.4, 0.5) is 5.82 Å². The van der Waals surface area contributed by atoms with E-state index in [0.29, 0.717) is 13.1 Å². The van der Waals surface area contributed by atoms with Gasteiger partial charge in [0, 0.05) is 23.7 Å². The van der Waals surface area contributed by atoms with E-state index in [-0.39, 0.29) is 17.6 Å². The molecule has 2 aromatic carbocycles. The first-order chi connectivity index (χ1) is 13.3. The van der Waals surface area contributed by atoms with Crippen LogP contribution in [0, 0.1) is 5.92 Å². The summed E-state index contributed by atoms with van der Waals surface area (Å²) in [5, 5.41) is 10.2. The number of Topliss-reactive ketones (excluding diaryl/α,β-unsaturated/α-hetero) is 1. The van der Waals surface area contributed by atoms with Gasteiger partial charge in [0.1, 0.15) is 11.5 Å². The number of nitrogens with one attached hydrogen (secondary N) is 2. The van der Waals surface area contributed by atoms with Crippen molar-refractivity contribution < 1.29 is 9.53 Å². The van der Waals surface area contributed by atoms with E-state index in [1.54, 1.807) is 6.20 Å². The van der Waals surface area contributed by atoms with Gasteiger partial charge in [0.05, 0.1) is 18.7 Å². The molecule has 6 nitrogen and oxygen atoms in total. The van der Waals surface area contributed by atoms with Crippen LogP contribution in [-0.4, -0.2) is 34.8 Å². The van der Waals surface area contributed by atoms with Crippen LogP contribution in [0.15, 0.2) is 65.8 Å². The van der Waals surface area contributed by atoms with Gasteiger partial charge in [-0.15, -0.1) is 0 Å². The number of rotatable bonds is 3. The van der Waals surface area contributed by atoms with Crippen molar-refractivity contribution in [1.82, 2.24) is 15.5 Å². The fraction of sp³-hybridized carbons (Fsp3) is 0.190. The normalized spacial score (nSPS) is 21.2. The Morgan fingerprint density at radius 1 is 0.926 bits per heavy atom. The van der Waals surface area contributed by atoms with Crippen molar-refractivity contribution in [2.24, 2.45) is 10.9 Å². The predicted molar refractivity (Wildman–Crippen MR) is 102 cm³/mol. The van der Waals surface area contributed by atoms with E-state index in [2.05, 4.69) is 20.5 Å². The second kappa shape index (κ2) is 6.48. The summed E-state index contributed by atoms with van der Waals surface area (Å²) in [6.07, 6.45) is 1.78. The van der Waals surface area contributed by atoms with E-state index < -0.39 is 0 Å². The molecule has 0 radical (unpaired) electrons. The lowest BCUT2D eigenvalue weighted by Gasteiger charge is -2.34. The standard InChI is InChI=1S/C21H18N4O2/c26-18-12-22-11-17-20(18)19(16-10-23-25-21(16)24-17)13-6-8-15(9-7-13)27-14-4-2-1-3-5-14/h1-10,19-20,22H,11-12H2,(H,23,25). The van der Waals surface area contributed by atoms with Crippen molar-refractivity contribution in [3.63, 3.8) is 0 Å². The van der Waals surface area contributed by atoms with E-state index in [1.165, 1.54) is 0 Å². The summed E-state index contributed by atoms with van der Waals surface area (Å²) in [7, 11) is 0. The quantitative estimate of drug-likeness (QED) is 0.753. The average molecular weight is 358 g/mol. The molecule has 3 aromatic rings. The zero-order valence-corrected chi connectivity index (χ0v) is 14.6. The number of aliphatic imine (C=N–C) groups is 1. The second-order valence-electron chi connectivity index (χ2n) is 6.79. The number of hydrogen-bond donors (Lipinski definition) is 2. The third-order valence-corrected chi connectivity index (χ3v) is 5.10. The molecule has 2 aliphatic heterocycles. The summed E-state index contributed by atoms with van der Waals surface area (Å²) in [6, 6.07) is 17.6. The second-order valence-corrected chi connectivity index (χ2v) is 6.79. The molecule has 2 unspecified atom stereocenters. The number of fused-ring (bicyclic) bond motifs is 2. The molecule has 3 heterocycles. The van der Waals surface area contributed by atoms with Gasteiger partial charge in [-0.3, -0.25) is 9.89 Å². The first-order valence-electron chi connectivity index (χ1n) is 8.96. The Morgan fingerprint density at radius 3 is 2.52 bits per heavy atom. The van der Waals surface area contributed by atoms with Gasteiger partial charge in [0.15, 0.2) is 11.6 Å². The van der Waals surface area contributed by atoms with E-state index >= 15 is 0 Å².